The van der Waals surface area contributed by atoms with E-state index in [0.29, 0.717) is 0 Å². The van der Waals surface area contributed by atoms with Gasteiger partial charge in [0.15, 0.2) is 0 Å². The lowest BCUT2D eigenvalue weighted by molar-refractivity contribution is 0.0506. The van der Waals surface area contributed by atoms with Gasteiger partial charge in [-0.25, -0.2) is 4.79 Å². The van der Waals surface area contributed by atoms with Gasteiger partial charge < -0.3 is 15.4 Å². The Bertz CT molecular complexity index is 188. The standard InChI is InChI=1S/C11H24N2O2/c1-9(7-6-8-12-5)13-10(14)15-11(2,3)4/h9,12H,6-8H2,1-5H3,(H,13,14). The fourth-order valence-electron chi connectivity index (χ4n) is 1.17. The molecule has 2 N–H and O–H groups in total. The zero-order valence-electron chi connectivity index (χ0n) is 10.5. The number of alkyl carbamates (subject to hydrolysis) is 1. The first-order valence-corrected chi connectivity index (χ1v) is 5.49. The quantitative estimate of drug-likeness (QED) is 0.690. The fraction of sp³-hybridized carbons (Fsp3) is 0.909. The normalized spacial score (nSPS) is 13.4. The molecule has 0 spiro atoms. The number of carbonyl (C=O) groups is 1. The van der Waals surface area contributed by atoms with Gasteiger partial charge >= 0.3 is 6.09 Å². The lowest BCUT2D eigenvalue weighted by Gasteiger charge is -2.21. The van der Waals surface area contributed by atoms with Gasteiger partial charge in [0, 0.05) is 6.04 Å². The Kier molecular flexibility index (Phi) is 6.32. The van der Waals surface area contributed by atoms with Crippen LogP contribution in [-0.4, -0.2) is 31.3 Å². The van der Waals surface area contributed by atoms with E-state index in [9.17, 15) is 4.79 Å². The minimum absolute atomic E-state index is 0.160. The van der Waals surface area contributed by atoms with Gasteiger partial charge in [-0.2, -0.15) is 0 Å². The lowest BCUT2D eigenvalue weighted by Crippen LogP contribution is -2.37. The number of hydrogen-bond acceptors (Lipinski definition) is 3. The molecule has 4 nitrogen and oxygen atoms in total. The van der Waals surface area contributed by atoms with E-state index in [4.69, 9.17) is 4.74 Å². The molecule has 90 valence electrons. The molecule has 0 rings (SSSR count). The molecule has 0 heterocycles. The molecule has 0 aromatic rings. The number of carbonyl (C=O) groups excluding carboxylic acids is 1. The fourth-order valence-corrected chi connectivity index (χ4v) is 1.17. The van der Waals surface area contributed by atoms with E-state index in [1.54, 1.807) is 0 Å². The summed E-state index contributed by atoms with van der Waals surface area (Å²) < 4.78 is 5.15. The zero-order valence-corrected chi connectivity index (χ0v) is 10.5. The van der Waals surface area contributed by atoms with E-state index in [0.717, 1.165) is 19.4 Å². The molecular weight excluding hydrogens is 192 g/mol. The van der Waals surface area contributed by atoms with Crippen molar-refractivity contribution in [3.05, 3.63) is 0 Å². The molecule has 0 aliphatic heterocycles. The highest BCUT2D eigenvalue weighted by molar-refractivity contribution is 5.67. The van der Waals surface area contributed by atoms with Crippen LogP contribution in [0.5, 0.6) is 0 Å². The first-order valence-electron chi connectivity index (χ1n) is 5.49. The molecule has 0 aliphatic rings. The van der Waals surface area contributed by atoms with Crippen LogP contribution in [0, 0.1) is 0 Å². The second-order valence-corrected chi connectivity index (χ2v) is 4.79. The van der Waals surface area contributed by atoms with E-state index >= 15 is 0 Å². The maximum Gasteiger partial charge on any atom is 0.407 e. The van der Waals surface area contributed by atoms with Crippen LogP contribution in [0.4, 0.5) is 4.79 Å². The van der Waals surface area contributed by atoms with Crippen molar-refractivity contribution in [1.29, 1.82) is 0 Å². The van der Waals surface area contributed by atoms with Crippen molar-refractivity contribution in [2.45, 2.75) is 52.2 Å². The van der Waals surface area contributed by atoms with Crippen LogP contribution < -0.4 is 10.6 Å². The van der Waals surface area contributed by atoms with Gasteiger partial charge in [-0.3, -0.25) is 0 Å². The summed E-state index contributed by atoms with van der Waals surface area (Å²) in [4.78, 5) is 11.4. The third kappa shape index (κ3) is 9.53. The molecular formula is C11H24N2O2. The molecule has 1 atom stereocenters. The summed E-state index contributed by atoms with van der Waals surface area (Å²) in [5.41, 5.74) is -0.422. The topological polar surface area (TPSA) is 50.4 Å². The first-order chi connectivity index (χ1) is 6.85. The Balaban J connectivity index is 3.67. The second kappa shape index (κ2) is 6.67. The Hall–Kier alpha value is -0.770. The van der Waals surface area contributed by atoms with E-state index in [-0.39, 0.29) is 12.1 Å². The summed E-state index contributed by atoms with van der Waals surface area (Å²) in [6.07, 6.45) is 1.67. The van der Waals surface area contributed by atoms with Crippen LogP contribution in [0.15, 0.2) is 0 Å². The van der Waals surface area contributed by atoms with E-state index in [2.05, 4.69) is 10.6 Å². The van der Waals surface area contributed by atoms with Crippen molar-refractivity contribution in [3.63, 3.8) is 0 Å². The summed E-state index contributed by atoms with van der Waals surface area (Å²) >= 11 is 0. The molecule has 0 aliphatic carbocycles. The van der Waals surface area contributed by atoms with E-state index in [1.165, 1.54) is 0 Å². The van der Waals surface area contributed by atoms with Crippen LogP contribution >= 0.6 is 0 Å². The van der Waals surface area contributed by atoms with Crippen LogP contribution in [0.3, 0.4) is 0 Å². The van der Waals surface area contributed by atoms with Crippen molar-refractivity contribution in [2.75, 3.05) is 13.6 Å². The highest BCUT2D eigenvalue weighted by atomic mass is 16.6. The zero-order chi connectivity index (χ0) is 11.9. The Morgan fingerprint density at radius 3 is 2.47 bits per heavy atom. The molecule has 0 aromatic carbocycles. The molecule has 15 heavy (non-hydrogen) atoms. The van der Waals surface area contributed by atoms with Crippen molar-refractivity contribution in [1.82, 2.24) is 10.6 Å². The SMILES string of the molecule is CNCCCC(C)NC(=O)OC(C)(C)C. The molecule has 0 aromatic heterocycles. The lowest BCUT2D eigenvalue weighted by atomic mass is 10.2. The highest BCUT2D eigenvalue weighted by Gasteiger charge is 2.17. The summed E-state index contributed by atoms with van der Waals surface area (Å²) in [7, 11) is 1.92. The van der Waals surface area contributed by atoms with Crippen LogP contribution in [0.25, 0.3) is 0 Å². The maximum absolute atomic E-state index is 11.4. The van der Waals surface area contributed by atoms with Crippen molar-refractivity contribution >= 4 is 6.09 Å². The minimum Gasteiger partial charge on any atom is -0.444 e. The molecule has 1 amide bonds. The molecule has 4 heteroatoms. The van der Waals surface area contributed by atoms with Crippen LogP contribution in [0.2, 0.25) is 0 Å². The predicted octanol–water partition coefficient (Wildman–Crippen LogP) is 1.90. The molecule has 0 saturated heterocycles. The summed E-state index contributed by atoms with van der Waals surface area (Å²) in [5, 5.41) is 5.88. The molecule has 0 bridgehead atoms. The summed E-state index contributed by atoms with van der Waals surface area (Å²) in [6.45, 7) is 8.54. The van der Waals surface area contributed by atoms with Gasteiger partial charge in [-0.05, 0) is 54.1 Å². The Labute approximate surface area is 92.8 Å². The number of nitrogens with one attached hydrogen (secondary N) is 2. The van der Waals surface area contributed by atoms with Gasteiger partial charge in [0.25, 0.3) is 0 Å². The van der Waals surface area contributed by atoms with Crippen molar-refractivity contribution in [2.24, 2.45) is 0 Å². The number of amides is 1. The van der Waals surface area contributed by atoms with Gasteiger partial charge in [0.05, 0.1) is 0 Å². The monoisotopic (exact) mass is 216 g/mol. The first kappa shape index (κ1) is 14.2. The average Bonchev–Trinajstić information content (AvgIpc) is 2.00. The van der Waals surface area contributed by atoms with Crippen molar-refractivity contribution < 1.29 is 9.53 Å². The van der Waals surface area contributed by atoms with Gasteiger partial charge in [-0.1, -0.05) is 0 Å². The van der Waals surface area contributed by atoms with Crippen molar-refractivity contribution in [3.8, 4) is 0 Å². The molecule has 0 saturated carbocycles. The number of rotatable bonds is 5. The third-order valence-electron chi connectivity index (χ3n) is 1.83. The molecule has 0 fully saturated rings. The highest BCUT2D eigenvalue weighted by Crippen LogP contribution is 2.07. The third-order valence-corrected chi connectivity index (χ3v) is 1.83. The predicted molar refractivity (Wildman–Crippen MR) is 62.0 cm³/mol. The smallest absolute Gasteiger partial charge is 0.407 e. The van der Waals surface area contributed by atoms with E-state index in [1.807, 2.05) is 34.7 Å². The van der Waals surface area contributed by atoms with Gasteiger partial charge in [-0.15, -0.1) is 0 Å². The number of ether oxygens (including phenoxy) is 1. The largest absolute Gasteiger partial charge is 0.444 e. The van der Waals surface area contributed by atoms with Gasteiger partial charge in [0.2, 0.25) is 0 Å². The Morgan fingerprint density at radius 1 is 1.40 bits per heavy atom. The summed E-state index contributed by atoms with van der Waals surface area (Å²) in [6, 6.07) is 0.160. The number of hydrogen-bond donors (Lipinski definition) is 2. The molecule has 0 radical (unpaired) electrons. The van der Waals surface area contributed by atoms with Crippen LogP contribution in [0.1, 0.15) is 40.5 Å². The van der Waals surface area contributed by atoms with Gasteiger partial charge in [0.1, 0.15) is 5.60 Å². The molecule has 1 unspecified atom stereocenters. The average molecular weight is 216 g/mol. The van der Waals surface area contributed by atoms with E-state index < -0.39 is 5.60 Å². The second-order valence-electron chi connectivity index (χ2n) is 4.79. The Morgan fingerprint density at radius 2 is 2.00 bits per heavy atom. The minimum atomic E-state index is -0.422. The van der Waals surface area contributed by atoms with Crippen LogP contribution in [-0.2, 0) is 4.74 Å². The maximum atomic E-state index is 11.4. The summed E-state index contributed by atoms with van der Waals surface area (Å²) in [5.74, 6) is 0.